The van der Waals surface area contributed by atoms with E-state index >= 15 is 0 Å². The van der Waals surface area contributed by atoms with Crippen LogP contribution in [0.2, 0.25) is 0 Å². The van der Waals surface area contributed by atoms with Crippen LogP contribution < -0.4 is 10.6 Å². The van der Waals surface area contributed by atoms with Gasteiger partial charge in [-0.25, -0.2) is 0 Å². The second-order valence-electron chi connectivity index (χ2n) is 6.86. The van der Waals surface area contributed by atoms with Crippen LogP contribution in [0.4, 0.5) is 5.69 Å². The molecule has 0 aliphatic carbocycles. The largest absolute Gasteiger partial charge is 0.456 e. The van der Waals surface area contributed by atoms with E-state index in [1.165, 1.54) is 25.1 Å². The lowest BCUT2D eigenvalue weighted by molar-refractivity contribution is -0.384. The van der Waals surface area contributed by atoms with Crippen molar-refractivity contribution in [2.24, 2.45) is 0 Å². The standard InChI is InChI=1S/C22H23N3O7/c1-15(26)23-11-3-4-16-7-9-17(10-8-16)20(27)14-32-21(28)13-24-22(29)18-5-2-6-19(12-18)25(30)31/h2,5-10,12H,3-4,11,13-14H2,1H3,(H,23,26)(H,24,29). The molecule has 32 heavy (non-hydrogen) atoms. The Morgan fingerprint density at radius 3 is 2.38 bits per heavy atom. The lowest BCUT2D eigenvalue weighted by Gasteiger charge is -2.07. The van der Waals surface area contributed by atoms with Crippen molar-refractivity contribution >= 4 is 29.3 Å². The molecule has 10 nitrogen and oxygen atoms in total. The van der Waals surface area contributed by atoms with Gasteiger partial charge in [0.25, 0.3) is 11.6 Å². The third-order valence-electron chi connectivity index (χ3n) is 4.37. The minimum Gasteiger partial charge on any atom is -0.456 e. The summed E-state index contributed by atoms with van der Waals surface area (Å²) in [6.07, 6.45) is 1.51. The zero-order chi connectivity index (χ0) is 23.5. The van der Waals surface area contributed by atoms with Crippen molar-refractivity contribution < 1.29 is 28.8 Å². The van der Waals surface area contributed by atoms with Gasteiger partial charge in [0.2, 0.25) is 5.91 Å². The molecule has 2 N–H and O–H groups in total. The first kappa shape index (κ1) is 24.2. The summed E-state index contributed by atoms with van der Waals surface area (Å²) in [5, 5.41) is 15.8. The molecule has 168 valence electrons. The topological polar surface area (TPSA) is 145 Å². The predicted molar refractivity (Wildman–Crippen MR) is 114 cm³/mol. The molecular weight excluding hydrogens is 418 g/mol. The molecular formula is C22H23N3O7. The normalized spacial score (nSPS) is 10.2. The Bertz CT molecular complexity index is 1000. The summed E-state index contributed by atoms with van der Waals surface area (Å²) in [5.41, 5.74) is 1.17. The number of carbonyl (C=O) groups excluding carboxylic acids is 4. The Morgan fingerprint density at radius 2 is 1.72 bits per heavy atom. The maximum absolute atomic E-state index is 12.2. The fourth-order valence-corrected chi connectivity index (χ4v) is 2.71. The Hall–Kier alpha value is -4.08. The third kappa shape index (κ3) is 7.98. The lowest BCUT2D eigenvalue weighted by atomic mass is 10.1. The van der Waals surface area contributed by atoms with E-state index in [1.54, 1.807) is 24.3 Å². The van der Waals surface area contributed by atoms with E-state index in [-0.39, 0.29) is 17.2 Å². The van der Waals surface area contributed by atoms with Crippen LogP contribution in [0.15, 0.2) is 48.5 Å². The van der Waals surface area contributed by atoms with Gasteiger partial charge < -0.3 is 15.4 Å². The SMILES string of the molecule is CC(=O)NCCCc1ccc(C(=O)COC(=O)CNC(=O)c2cccc([N+](=O)[O-])c2)cc1. The summed E-state index contributed by atoms with van der Waals surface area (Å²) < 4.78 is 4.89. The number of nitro groups is 1. The van der Waals surface area contributed by atoms with Gasteiger partial charge in [-0.1, -0.05) is 30.3 Å². The van der Waals surface area contributed by atoms with Crippen LogP contribution in [0.25, 0.3) is 0 Å². The van der Waals surface area contributed by atoms with Crippen LogP contribution in [0, 0.1) is 10.1 Å². The highest BCUT2D eigenvalue weighted by atomic mass is 16.6. The fraction of sp³-hybridized carbons (Fsp3) is 0.273. The number of non-ortho nitro benzene ring substituents is 1. The number of hydrogen-bond donors (Lipinski definition) is 2. The summed E-state index contributed by atoms with van der Waals surface area (Å²) in [5.74, 6) is -1.96. The molecule has 0 saturated heterocycles. The number of benzene rings is 2. The van der Waals surface area contributed by atoms with Crippen molar-refractivity contribution in [3.05, 3.63) is 75.3 Å². The summed E-state index contributed by atoms with van der Waals surface area (Å²) in [4.78, 5) is 57.0. The lowest BCUT2D eigenvalue weighted by Crippen LogP contribution is -2.31. The zero-order valence-corrected chi connectivity index (χ0v) is 17.5. The van der Waals surface area contributed by atoms with Gasteiger partial charge in [-0.3, -0.25) is 29.3 Å². The van der Waals surface area contributed by atoms with Gasteiger partial charge in [0.05, 0.1) is 4.92 Å². The number of nitrogens with zero attached hydrogens (tertiary/aromatic N) is 1. The quantitative estimate of drug-likeness (QED) is 0.178. The fourth-order valence-electron chi connectivity index (χ4n) is 2.71. The molecule has 0 aliphatic heterocycles. The number of ether oxygens (including phenoxy) is 1. The number of hydrogen-bond acceptors (Lipinski definition) is 7. The average molecular weight is 441 g/mol. The number of Topliss-reactive ketones (excluding diaryl/α,β-unsaturated/α-hetero) is 1. The molecule has 0 aliphatic rings. The second kappa shape index (κ2) is 11.9. The monoisotopic (exact) mass is 441 g/mol. The second-order valence-corrected chi connectivity index (χ2v) is 6.86. The molecule has 0 fully saturated rings. The number of aryl methyl sites for hydroxylation is 1. The van der Waals surface area contributed by atoms with Crippen molar-refractivity contribution in [1.82, 2.24) is 10.6 Å². The van der Waals surface area contributed by atoms with Crippen LogP contribution in [-0.2, 0) is 20.7 Å². The molecule has 0 spiro atoms. The van der Waals surface area contributed by atoms with E-state index < -0.39 is 35.7 Å². The highest BCUT2D eigenvalue weighted by Crippen LogP contribution is 2.13. The van der Waals surface area contributed by atoms with Gasteiger partial charge in [-0.2, -0.15) is 0 Å². The van der Waals surface area contributed by atoms with Crippen molar-refractivity contribution in [3.8, 4) is 0 Å². The van der Waals surface area contributed by atoms with Crippen LogP contribution in [0.5, 0.6) is 0 Å². The van der Waals surface area contributed by atoms with E-state index in [0.717, 1.165) is 24.5 Å². The van der Waals surface area contributed by atoms with Crippen molar-refractivity contribution in [2.45, 2.75) is 19.8 Å². The highest BCUT2D eigenvalue weighted by Gasteiger charge is 2.14. The molecule has 2 rings (SSSR count). The number of carbonyl (C=O) groups is 4. The van der Waals surface area contributed by atoms with Gasteiger partial charge in [0.1, 0.15) is 6.54 Å². The van der Waals surface area contributed by atoms with Crippen LogP contribution >= 0.6 is 0 Å². The summed E-state index contributed by atoms with van der Waals surface area (Å²) >= 11 is 0. The van der Waals surface area contributed by atoms with E-state index in [4.69, 9.17) is 4.74 Å². The maximum atomic E-state index is 12.2. The Balaban J connectivity index is 1.74. The van der Waals surface area contributed by atoms with Crippen molar-refractivity contribution in [3.63, 3.8) is 0 Å². The minimum absolute atomic E-state index is 0.0280. The van der Waals surface area contributed by atoms with Crippen molar-refractivity contribution in [1.29, 1.82) is 0 Å². The number of nitro benzene ring substituents is 1. The Morgan fingerprint density at radius 1 is 1.00 bits per heavy atom. The molecule has 0 atom stereocenters. The summed E-state index contributed by atoms with van der Waals surface area (Å²) in [6.45, 7) is 1.07. The predicted octanol–water partition coefficient (Wildman–Crippen LogP) is 1.82. The molecule has 0 unspecified atom stereocenters. The summed E-state index contributed by atoms with van der Waals surface area (Å²) in [7, 11) is 0. The molecule has 2 aromatic carbocycles. The number of nitrogens with one attached hydrogen (secondary N) is 2. The summed E-state index contributed by atoms with van der Waals surface area (Å²) in [6, 6.07) is 11.9. The van der Waals surface area contributed by atoms with Gasteiger partial charge in [0.15, 0.2) is 12.4 Å². The first-order valence-electron chi connectivity index (χ1n) is 9.81. The number of amides is 2. The average Bonchev–Trinajstić information content (AvgIpc) is 2.79. The van der Waals surface area contributed by atoms with E-state index in [1.807, 2.05) is 0 Å². The van der Waals surface area contributed by atoms with E-state index in [9.17, 15) is 29.3 Å². The molecule has 0 saturated carbocycles. The van der Waals surface area contributed by atoms with Gasteiger partial charge in [-0.05, 0) is 24.5 Å². The minimum atomic E-state index is -0.813. The molecule has 2 aromatic rings. The number of rotatable bonds is 11. The highest BCUT2D eigenvalue weighted by molar-refractivity contribution is 5.99. The molecule has 10 heteroatoms. The van der Waals surface area contributed by atoms with Crippen LogP contribution in [-0.4, -0.2) is 48.2 Å². The third-order valence-corrected chi connectivity index (χ3v) is 4.37. The number of esters is 1. The Kier molecular flexibility index (Phi) is 9.03. The first-order chi connectivity index (χ1) is 15.3. The Labute approximate surface area is 184 Å². The van der Waals surface area contributed by atoms with E-state index in [2.05, 4.69) is 10.6 Å². The smallest absolute Gasteiger partial charge is 0.325 e. The van der Waals surface area contributed by atoms with Crippen LogP contribution in [0.3, 0.4) is 0 Å². The first-order valence-corrected chi connectivity index (χ1v) is 9.81. The molecule has 0 heterocycles. The molecule has 2 amide bonds. The molecule has 0 radical (unpaired) electrons. The molecule has 0 bridgehead atoms. The van der Waals surface area contributed by atoms with Gasteiger partial charge in [-0.15, -0.1) is 0 Å². The van der Waals surface area contributed by atoms with Crippen LogP contribution in [0.1, 0.15) is 39.6 Å². The van der Waals surface area contributed by atoms with Gasteiger partial charge >= 0.3 is 5.97 Å². The van der Waals surface area contributed by atoms with Gasteiger partial charge in [0, 0.05) is 36.7 Å². The number of ketones is 1. The van der Waals surface area contributed by atoms with Crippen molar-refractivity contribution in [2.75, 3.05) is 19.7 Å². The zero-order valence-electron chi connectivity index (χ0n) is 17.5. The van der Waals surface area contributed by atoms with E-state index in [0.29, 0.717) is 12.1 Å². The molecule has 0 aromatic heterocycles. The maximum Gasteiger partial charge on any atom is 0.325 e.